The molecule has 1 saturated heterocycles. The molecule has 1 aliphatic rings. The Morgan fingerprint density at radius 1 is 1.19 bits per heavy atom. The van der Waals surface area contributed by atoms with E-state index in [1.807, 2.05) is 32.0 Å². The van der Waals surface area contributed by atoms with E-state index in [-0.39, 0.29) is 31.0 Å². The minimum Gasteiger partial charge on any atom is -0.495 e. The van der Waals surface area contributed by atoms with E-state index in [0.717, 1.165) is 11.1 Å². The molecule has 3 heterocycles. The summed E-state index contributed by atoms with van der Waals surface area (Å²) in [5.41, 5.74) is 3.12. The van der Waals surface area contributed by atoms with Crippen molar-refractivity contribution in [3.63, 3.8) is 0 Å². The molecule has 160 valence electrons. The smallest absolute Gasteiger partial charge is 0.311 e. The van der Waals surface area contributed by atoms with Crippen molar-refractivity contribution in [1.82, 2.24) is 9.38 Å². The second-order valence-corrected chi connectivity index (χ2v) is 7.66. The number of carbonyl (C=O) groups is 2. The van der Waals surface area contributed by atoms with Gasteiger partial charge in [0.2, 0.25) is 5.91 Å². The Morgan fingerprint density at radius 3 is 2.77 bits per heavy atom. The molecule has 1 aliphatic heterocycles. The maximum absolute atomic E-state index is 12.6. The fourth-order valence-electron chi connectivity index (χ4n) is 3.75. The Labute approximate surface area is 179 Å². The van der Waals surface area contributed by atoms with E-state index in [2.05, 4.69) is 4.98 Å². The largest absolute Gasteiger partial charge is 0.495 e. The quantitative estimate of drug-likeness (QED) is 0.588. The van der Waals surface area contributed by atoms with Gasteiger partial charge in [0.1, 0.15) is 18.0 Å². The first-order valence-corrected chi connectivity index (χ1v) is 9.97. The molecule has 8 nitrogen and oxygen atoms in total. The lowest BCUT2D eigenvalue weighted by Crippen LogP contribution is -2.27. The number of nitrogens with zero attached hydrogens (tertiary/aromatic N) is 3. The molecule has 0 spiro atoms. The van der Waals surface area contributed by atoms with Crippen LogP contribution in [0.1, 0.15) is 23.2 Å². The highest BCUT2D eigenvalue weighted by atomic mass is 16.5. The number of aromatic nitrogens is 2. The average molecular weight is 421 g/mol. The third-order valence-electron chi connectivity index (χ3n) is 5.39. The number of rotatable bonds is 5. The summed E-state index contributed by atoms with van der Waals surface area (Å²) < 4.78 is 12.2. The molecule has 1 atom stereocenters. The Balaban J connectivity index is 1.47. The Bertz CT molecular complexity index is 1230. The number of methoxy groups -OCH3 is 1. The van der Waals surface area contributed by atoms with Gasteiger partial charge in [0.05, 0.1) is 24.4 Å². The summed E-state index contributed by atoms with van der Waals surface area (Å²) in [4.78, 5) is 43.5. The number of carbonyl (C=O) groups excluding carboxylic acids is 2. The van der Waals surface area contributed by atoms with Crippen molar-refractivity contribution in [2.24, 2.45) is 5.92 Å². The van der Waals surface area contributed by atoms with Gasteiger partial charge >= 0.3 is 5.97 Å². The zero-order valence-corrected chi connectivity index (χ0v) is 17.6. The minimum absolute atomic E-state index is 0.0584. The van der Waals surface area contributed by atoms with Crippen molar-refractivity contribution in [3.8, 4) is 5.75 Å². The van der Waals surface area contributed by atoms with Crippen LogP contribution in [0.2, 0.25) is 0 Å². The van der Waals surface area contributed by atoms with Crippen molar-refractivity contribution >= 4 is 23.2 Å². The zero-order valence-electron chi connectivity index (χ0n) is 17.6. The molecule has 4 rings (SSSR count). The van der Waals surface area contributed by atoms with Crippen LogP contribution in [-0.2, 0) is 20.9 Å². The van der Waals surface area contributed by atoms with Crippen molar-refractivity contribution in [1.29, 1.82) is 0 Å². The molecule has 0 saturated carbocycles. The molecular formula is C23H23N3O5. The third-order valence-corrected chi connectivity index (χ3v) is 5.39. The molecule has 0 N–H and O–H groups in total. The number of ether oxygens (including phenoxy) is 2. The molecule has 0 bridgehead atoms. The summed E-state index contributed by atoms with van der Waals surface area (Å²) in [5, 5.41) is 0. The van der Waals surface area contributed by atoms with Crippen molar-refractivity contribution < 1.29 is 19.1 Å². The molecular weight excluding hydrogens is 398 g/mol. The molecule has 0 unspecified atom stereocenters. The molecule has 31 heavy (non-hydrogen) atoms. The summed E-state index contributed by atoms with van der Waals surface area (Å²) in [5.74, 6) is -0.678. The standard InChI is InChI=1S/C23H23N3O5/c1-14-6-7-19(30-3)18(9-14)26-12-16(10-20(26)27)23(29)31-13-17-11-21(28)25-8-4-5-15(2)22(25)24-17/h4-9,11,16H,10,12-13H2,1-3H3/t16-/m1/s1. The predicted octanol–water partition coefficient (Wildman–Crippen LogP) is 2.42. The lowest BCUT2D eigenvalue weighted by molar-refractivity contribution is -0.149. The first kappa shape index (κ1) is 20.6. The number of fused-ring (bicyclic) bond motifs is 1. The summed E-state index contributed by atoms with van der Waals surface area (Å²) >= 11 is 0. The monoisotopic (exact) mass is 421 g/mol. The molecule has 1 aromatic carbocycles. The van der Waals surface area contributed by atoms with Crippen LogP contribution in [0.4, 0.5) is 5.69 Å². The van der Waals surface area contributed by atoms with Crippen LogP contribution in [0.5, 0.6) is 5.75 Å². The number of hydrogen-bond acceptors (Lipinski definition) is 6. The second-order valence-electron chi connectivity index (χ2n) is 7.66. The normalized spacial score (nSPS) is 16.0. The van der Waals surface area contributed by atoms with Crippen LogP contribution in [0.3, 0.4) is 0 Å². The van der Waals surface area contributed by atoms with Crippen LogP contribution in [-0.4, -0.2) is 34.9 Å². The number of esters is 1. The van der Waals surface area contributed by atoms with Crippen molar-refractivity contribution in [2.75, 3.05) is 18.6 Å². The van der Waals surface area contributed by atoms with Gasteiger partial charge in [-0.1, -0.05) is 12.1 Å². The highest BCUT2D eigenvalue weighted by Gasteiger charge is 2.37. The Morgan fingerprint density at radius 2 is 2.00 bits per heavy atom. The van der Waals surface area contributed by atoms with Gasteiger partial charge in [-0.2, -0.15) is 0 Å². The molecule has 0 aliphatic carbocycles. The van der Waals surface area contributed by atoms with E-state index >= 15 is 0 Å². The van der Waals surface area contributed by atoms with E-state index < -0.39 is 11.9 Å². The third kappa shape index (κ3) is 4.01. The first-order valence-electron chi connectivity index (χ1n) is 9.97. The molecule has 1 fully saturated rings. The van der Waals surface area contributed by atoms with E-state index in [1.165, 1.54) is 10.5 Å². The van der Waals surface area contributed by atoms with Gasteiger partial charge in [-0.05, 0) is 43.2 Å². The number of benzene rings is 1. The second kappa shape index (κ2) is 8.22. The Kier molecular flexibility index (Phi) is 5.46. The number of anilines is 1. The van der Waals surface area contributed by atoms with E-state index in [0.29, 0.717) is 22.8 Å². The SMILES string of the molecule is COc1ccc(C)cc1N1C[C@H](C(=O)OCc2cc(=O)n3cccc(C)c3n2)CC1=O. The number of amides is 1. The van der Waals surface area contributed by atoms with Gasteiger partial charge < -0.3 is 14.4 Å². The van der Waals surface area contributed by atoms with Gasteiger partial charge in [0.15, 0.2) is 0 Å². The van der Waals surface area contributed by atoms with Crippen molar-refractivity contribution in [3.05, 3.63) is 69.8 Å². The van der Waals surface area contributed by atoms with E-state index in [4.69, 9.17) is 9.47 Å². The summed E-state index contributed by atoms with van der Waals surface area (Å²) in [6.45, 7) is 3.87. The fraction of sp³-hybridized carbons (Fsp3) is 0.304. The maximum atomic E-state index is 12.6. The zero-order chi connectivity index (χ0) is 22.1. The number of aryl methyl sites for hydroxylation is 2. The van der Waals surface area contributed by atoms with Gasteiger partial charge in [0.25, 0.3) is 5.56 Å². The first-order chi connectivity index (χ1) is 14.9. The van der Waals surface area contributed by atoms with Crippen LogP contribution < -0.4 is 15.2 Å². The molecule has 1 amide bonds. The highest BCUT2D eigenvalue weighted by Crippen LogP contribution is 2.34. The summed E-state index contributed by atoms with van der Waals surface area (Å²) in [6, 6.07) is 10.5. The van der Waals surface area contributed by atoms with Crippen LogP contribution in [0, 0.1) is 19.8 Å². The molecule has 0 radical (unpaired) electrons. The fourth-order valence-corrected chi connectivity index (χ4v) is 3.75. The molecule has 3 aromatic rings. The van der Waals surface area contributed by atoms with E-state index in [1.54, 1.807) is 30.3 Å². The topological polar surface area (TPSA) is 90.2 Å². The minimum atomic E-state index is -0.596. The lowest BCUT2D eigenvalue weighted by Gasteiger charge is -2.20. The van der Waals surface area contributed by atoms with Crippen LogP contribution in [0.25, 0.3) is 5.65 Å². The summed E-state index contributed by atoms with van der Waals surface area (Å²) in [7, 11) is 1.54. The van der Waals surface area contributed by atoms with Crippen LogP contribution in [0.15, 0.2) is 47.4 Å². The van der Waals surface area contributed by atoms with Gasteiger partial charge in [0, 0.05) is 25.2 Å². The van der Waals surface area contributed by atoms with Crippen molar-refractivity contribution in [2.45, 2.75) is 26.9 Å². The average Bonchev–Trinajstić information content (AvgIpc) is 3.14. The maximum Gasteiger partial charge on any atom is 0.311 e. The molecule has 8 heteroatoms. The molecule has 2 aromatic heterocycles. The van der Waals surface area contributed by atoms with Crippen LogP contribution >= 0.6 is 0 Å². The lowest BCUT2D eigenvalue weighted by atomic mass is 10.1. The highest BCUT2D eigenvalue weighted by molar-refractivity contribution is 6.00. The van der Waals surface area contributed by atoms with Gasteiger partial charge in [-0.15, -0.1) is 0 Å². The number of hydrogen-bond donors (Lipinski definition) is 0. The summed E-state index contributed by atoms with van der Waals surface area (Å²) in [6.07, 6.45) is 1.70. The van der Waals surface area contributed by atoms with E-state index in [9.17, 15) is 14.4 Å². The Hall–Kier alpha value is -3.68. The predicted molar refractivity (Wildman–Crippen MR) is 114 cm³/mol. The van der Waals surface area contributed by atoms with Gasteiger partial charge in [-0.3, -0.25) is 18.8 Å². The number of pyridine rings is 1. The van der Waals surface area contributed by atoms with Gasteiger partial charge in [-0.25, -0.2) is 4.98 Å².